The van der Waals surface area contributed by atoms with Gasteiger partial charge >= 0.3 is 0 Å². The average molecular weight is 762 g/mol. The smallest absolute Gasteiger partial charge is 0.0725 e. The molecule has 60 heavy (non-hydrogen) atoms. The first-order chi connectivity index (χ1) is 29.8. The lowest BCUT2D eigenvalue weighted by atomic mass is 9.65. The second-order valence-corrected chi connectivity index (χ2v) is 15.9. The number of benzene rings is 10. The lowest BCUT2D eigenvalue weighted by Gasteiger charge is -2.36. The zero-order valence-corrected chi connectivity index (χ0v) is 33.0. The maximum Gasteiger partial charge on any atom is 0.0725 e. The Bertz CT molecular complexity index is 3190. The molecule has 0 saturated carbocycles. The molecule has 0 aliphatic heterocycles. The lowest BCUT2D eigenvalue weighted by molar-refractivity contribution is 0.776. The number of rotatable bonds is 5. The molecule has 12 rings (SSSR count). The predicted octanol–water partition coefficient (Wildman–Crippen LogP) is 15.7. The van der Waals surface area contributed by atoms with Crippen molar-refractivity contribution in [3.05, 3.63) is 259 Å². The standard InChI is InChI=1S/C59H39N/c1-3-19-40(20-4-1)44-24-13-17-33-56(44)60(57-34-18-14-25-45(57)41-21-5-2-6-22-41)43-36-38-54-51(39-43)48-28-10-9-27-47(48)49-29-11-15-31-52(49)59(54)53-32-16-12-30-50(53)58-46-26-8-7-23-42(46)35-37-55(58)59/h1-39H. The molecular formula is C59H39N. The van der Waals surface area contributed by atoms with Gasteiger partial charge < -0.3 is 4.90 Å². The summed E-state index contributed by atoms with van der Waals surface area (Å²) >= 11 is 0. The van der Waals surface area contributed by atoms with Crippen molar-refractivity contribution in [3.8, 4) is 55.6 Å². The van der Waals surface area contributed by atoms with E-state index in [-0.39, 0.29) is 0 Å². The molecule has 0 N–H and O–H groups in total. The fraction of sp³-hybridized carbons (Fsp3) is 0.0169. The number of fused-ring (bicyclic) bond motifs is 14. The Balaban J connectivity index is 1.20. The second kappa shape index (κ2) is 13.7. The van der Waals surface area contributed by atoms with Crippen LogP contribution in [0.5, 0.6) is 0 Å². The Morgan fingerprint density at radius 3 is 1.38 bits per heavy atom. The van der Waals surface area contributed by atoms with Crippen LogP contribution < -0.4 is 4.90 Å². The van der Waals surface area contributed by atoms with E-state index in [1.54, 1.807) is 0 Å². The summed E-state index contributed by atoms with van der Waals surface area (Å²) < 4.78 is 0. The van der Waals surface area contributed by atoms with Gasteiger partial charge in [0.05, 0.1) is 16.8 Å². The largest absolute Gasteiger partial charge is 0.309 e. The van der Waals surface area contributed by atoms with Crippen LogP contribution in [-0.2, 0) is 5.41 Å². The number of hydrogen-bond donors (Lipinski definition) is 0. The van der Waals surface area contributed by atoms with Gasteiger partial charge in [0, 0.05) is 16.8 Å². The van der Waals surface area contributed by atoms with Gasteiger partial charge in [0.25, 0.3) is 0 Å². The summed E-state index contributed by atoms with van der Waals surface area (Å²) in [6.45, 7) is 0. The van der Waals surface area contributed by atoms with E-state index in [2.05, 4.69) is 241 Å². The third kappa shape index (κ3) is 4.99. The third-order valence-corrected chi connectivity index (χ3v) is 12.9. The Kier molecular flexibility index (Phi) is 7.83. The molecule has 0 heterocycles. The van der Waals surface area contributed by atoms with Crippen molar-refractivity contribution in [2.75, 3.05) is 4.90 Å². The highest BCUT2D eigenvalue weighted by Gasteiger charge is 2.50. The van der Waals surface area contributed by atoms with Crippen LogP contribution >= 0.6 is 0 Å². The molecule has 0 fully saturated rings. The summed E-state index contributed by atoms with van der Waals surface area (Å²) in [6, 6.07) is 87.6. The van der Waals surface area contributed by atoms with E-state index in [0.29, 0.717) is 0 Å². The molecule has 0 radical (unpaired) electrons. The van der Waals surface area contributed by atoms with Gasteiger partial charge in [-0.3, -0.25) is 0 Å². The van der Waals surface area contributed by atoms with Crippen molar-refractivity contribution in [2.24, 2.45) is 0 Å². The second-order valence-electron chi connectivity index (χ2n) is 15.9. The molecule has 1 unspecified atom stereocenters. The Labute approximate surface area is 351 Å². The molecule has 2 aliphatic carbocycles. The van der Waals surface area contributed by atoms with E-state index in [1.807, 2.05) is 0 Å². The fourth-order valence-electron chi connectivity index (χ4n) is 10.5. The van der Waals surface area contributed by atoms with E-state index < -0.39 is 5.41 Å². The van der Waals surface area contributed by atoms with Crippen molar-refractivity contribution < 1.29 is 0 Å². The predicted molar refractivity (Wildman–Crippen MR) is 251 cm³/mol. The number of para-hydroxylation sites is 2. The van der Waals surface area contributed by atoms with Crippen molar-refractivity contribution in [2.45, 2.75) is 5.41 Å². The molecule has 1 heteroatoms. The number of anilines is 3. The molecule has 0 amide bonds. The molecule has 1 atom stereocenters. The van der Waals surface area contributed by atoms with E-state index in [0.717, 1.165) is 17.1 Å². The minimum Gasteiger partial charge on any atom is -0.309 e. The molecule has 0 bridgehead atoms. The van der Waals surface area contributed by atoms with Gasteiger partial charge in [-0.05, 0) is 102 Å². The van der Waals surface area contributed by atoms with Crippen LogP contribution in [-0.4, -0.2) is 0 Å². The highest BCUT2D eigenvalue weighted by Crippen LogP contribution is 2.63. The summed E-state index contributed by atoms with van der Waals surface area (Å²) in [5.41, 5.74) is 20.3. The topological polar surface area (TPSA) is 3.24 Å². The van der Waals surface area contributed by atoms with Crippen LogP contribution in [0.25, 0.3) is 66.4 Å². The minimum atomic E-state index is -0.575. The number of hydrogen-bond acceptors (Lipinski definition) is 1. The van der Waals surface area contributed by atoms with Gasteiger partial charge in [-0.1, -0.05) is 212 Å². The summed E-state index contributed by atoms with van der Waals surface area (Å²) in [5, 5.41) is 2.55. The minimum absolute atomic E-state index is 0.575. The first-order valence-corrected chi connectivity index (χ1v) is 20.9. The van der Waals surface area contributed by atoms with Crippen LogP contribution in [0.15, 0.2) is 237 Å². The molecule has 280 valence electrons. The highest BCUT2D eigenvalue weighted by molar-refractivity contribution is 6.07. The average Bonchev–Trinajstić information content (AvgIpc) is 3.58. The van der Waals surface area contributed by atoms with Crippen molar-refractivity contribution in [1.82, 2.24) is 0 Å². The van der Waals surface area contributed by atoms with Gasteiger partial charge in [0.1, 0.15) is 0 Å². The monoisotopic (exact) mass is 761 g/mol. The Hall–Kier alpha value is -7.74. The van der Waals surface area contributed by atoms with Gasteiger partial charge in [0.2, 0.25) is 0 Å². The molecule has 0 aromatic heterocycles. The van der Waals surface area contributed by atoms with Crippen LogP contribution in [0.1, 0.15) is 22.3 Å². The van der Waals surface area contributed by atoms with Crippen molar-refractivity contribution in [3.63, 3.8) is 0 Å². The van der Waals surface area contributed by atoms with Crippen molar-refractivity contribution in [1.29, 1.82) is 0 Å². The first-order valence-electron chi connectivity index (χ1n) is 20.9. The van der Waals surface area contributed by atoms with Crippen LogP contribution in [0.4, 0.5) is 17.1 Å². The fourth-order valence-corrected chi connectivity index (χ4v) is 10.5. The molecular weight excluding hydrogens is 723 g/mol. The maximum atomic E-state index is 2.49. The normalized spacial score (nSPS) is 14.4. The summed E-state index contributed by atoms with van der Waals surface area (Å²) in [6.07, 6.45) is 0. The molecule has 1 spiro atoms. The maximum absolute atomic E-state index is 2.49. The van der Waals surface area contributed by atoms with Crippen LogP contribution in [0.3, 0.4) is 0 Å². The zero-order chi connectivity index (χ0) is 39.6. The van der Waals surface area contributed by atoms with Crippen molar-refractivity contribution >= 4 is 27.8 Å². The summed E-state index contributed by atoms with van der Waals surface area (Å²) in [4.78, 5) is 2.49. The van der Waals surface area contributed by atoms with E-state index >= 15 is 0 Å². The van der Waals surface area contributed by atoms with E-state index in [1.165, 1.54) is 88.7 Å². The zero-order valence-electron chi connectivity index (χ0n) is 33.0. The Morgan fingerprint density at radius 1 is 0.283 bits per heavy atom. The summed E-state index contributed by atoms with van der Waals surface area (Å²) in [7, 11) is 0. The quantitative estimate of drug-likeness (QED) is 0.169. The molecule has 1 nitrogen and oxygen atoms in total. The van der Waals surface area contributed by atoms with Crippen LogP contribution in [0.2, 0.25) is 0 Å². The lowest BCUT2D eigenvalue weighted by Crippen LogP contribution is -2.29. The third-order valence-electron chi connectivity index (χ3n) is 12.9. The van der Waals surface area contributed by atoms with E-state index in [4.69, 9.17) is 0 Å². The summed E-state index contributed by atoms with van der Waals surface area (Å²) in [5.74, 6) is 0. The highest BCUT2D eigenvalue weighted by atomic mass is 15.1. The molecule has 2 aliphatic rings. The molecule has 0 saturated heterocycles. The SMILES string of the molecule is c1ccc(-c2ccccc2N(c2ccc3c(c2)-c2ccccc2-c2ccccc2C32c3ccccc3-c3c2ccc2ccccc32)c2ccccc2-c2ccccc2)cc1. The first kappa shape index (κ1) is 34.3. The van der Waals surface area contributed by atoms with Gasteiger partial charge in [0.15, 0.2) is 0 Å². The Morgan fingerprint density at radius 2 is 0.733 bits per heavy atom. The van der Waals surface area contributed by atoms with Gasteiger partial charge in [-0.15, -0.1) is 0 Å². The van der Waals surface area contributed by atoms with Crippen LogP contribution in [0, 0.1) is 0 Å². The molecule has 10 aromatic rings. The molecule has 10 aromatic carbocycles. The number of nitrogens with zero attached hydrogens (tertiary/aromatic N) is 1. The van der Waals surface area contributed by atoms with Gasteiger partial charge in [-0.25, -0.2) is 0 Å². The van der Waals surface area contributed by atoms with Gasteiger partial charge in [-0.2, -0.15) is 0 Å². The van der Waals surface area contributed by atoms with E-state index in [9.17, 15) is 0 Å².